The molecule has 0 saturated heterocycles. The van der Waals surface area contributed by atoms with Crippen molar-refractivity contribution < 1.29 is 4.79 Å². The van der Waals surface area contributed by atoms with Crippen LogP contribution in [0.1, 0.15) is 57.3 Å². The highest BCUT2D eigenvalue weighted by atomic mass is 16.2. The van der Waals surface area contributed by atoms with E-state index in [1.165, 1.54) is 0 Å². The van der Waals surface area contributed by atoms with Crippen LogP contribution >= 0.6 is 0 Å². The fourth-order valence-electron chi connectivity index (χ4n) is 5.34. The van der Waals surface area contributed by atoms with Crippen molar-refractivity contribution in [1.82, 2.24) is 33.8 Å². The molecule has 4 aromatic rings. The number of nitrogens with one attached hydrogen (secondary N) is 1. The highest BCUT2D eigenvalue weighted by molar-refractivity contribution is 6.07. The van der Waals surface area contributed by atoms with Gasteiger partial charge in [-0.1, -0.05) is 6.92 Å². The van der Waals surface area contributed by atoms with Gasteiger partial charge in [-0.05, 0) is 52.0 Å². The standard InChI is InChI=1S/C26H34N8O/c1-5-11-33-16(3)12-21(30-33)28-25-23-24(31(4)15-27-23)20-13-19(32(6-2)26(20)29-25)14-22(35)34(17-7-8-17)18-9-10-18/h12-13,15,17-18H,5-11,14H2,1-4H3,(H,28,29,30). The fraction of sp³-hybridized carbons (Fsp3) is 0.538. The predicted molar refractivity (Wildman–Crippen MR) is 137 cm³/mol. The van der Waals surface area contributed by atoms with Crippen LogP contribution in [0.4, 0.5) is 11.6 Å². The van der Waals surface area contributed by atoms with Gasteiger partial charge in [0.15, 0.2) is 11.6 Å². The van der Waals surface area contributed by atoms with E-state index < -0.39 is 0 Å². The summed E-state index contributed by atoms with van der Waals surface area (Å²) >= 11 is 0. The monoisotopic (exact) mass is 474 g/mol. The van der Waals surface area contributed by atoms with E-state index in [-0.39, 0.29) is 5.91 Å². The fourth-order valence-corrected chi connectivity index (χ4v) is 5.34. The number of nitrogens with zero attached hydrogens (tertiary/aromatic N) is 7. The summed E-state index contributed by atoms with van der Waals surface area (Å²) in [5, 5.41) is 9.18. The number of aryl methyl sites for hydroxylation is 4. The maximum Gasteiger partial charge on any atom is 0.229 e. The lowest BCUT2D eigenvalue weighted by molar-refractivity contribution is -0.131. The van der Waals surface area contributed by atoms with Crippen LogP contribution in [0.5, 0.6) is 0 Å². The molecule has 1 N–H and O–H groups in total. The van der Waals surface area contributed by atoms with E-state index in [2.05, 4.69) is 46.6 Å². The first kappa shape index (κ1) is 22.1. The minimum Gasteiger partial charge on any atom is -0.336 e. The molecular weight excluding hydrogens is 440 g/mol. The van der Waals surface area contributed by atoms with Gasteiger partial charge in [-0.3, -0.25) is 9.48 Å². The Bertz CT molecular complexity index is 1410. The van der Waals surface area contributed by atoms with E-state index in [0.29, 0.717) is 24.3 Å². The maximum absolute atomic E-state index is 13.3. The van der Waals surface area contributed by atoms with Gasteiger partial charge in [0.1, 0.15) is 11.2 Å². The Hall–Kier alpha value is -3.36. The SMILES string of the molecule is CCCn1nc(Nc2nc3c(cc(CC(=O)N(C4CC4)C4CC4)n3CC)c3c2ncn3C)cc1C. The second-order valence-electron chi connectivity index (χ2n) is 10.1. The van der Waals surface area contributed by atoms with Crippen LogP contribution in [0, 0.1) is 6.92 Å². The Labute approximate surface area is 205 Å². The number of carbonyl (C=O) groups excluding carboxylic acids is 1. The maximum atomic E-state index is 13.3. The van der Waals surface area contributed by atoms with Crippen LogP contribution in [0.3, 0.4) is 0 Å². The average molecular weight is 475 g/mol. The van der Waals surface area contributed by atoms with Gasteiger partial charge in [0.05, 0.1) is 18.3 Å². The highest BCUT2D eigenvalue weighted by Gasteiger charge is 2.42. The third-order valence-electron chi connectivity index (χ3n) is 7.27. The number of fused-ring (bicyclic) bond motifs is 3. The third-order valence-corrected chi connectivity index (χ3v) is 7.27. The third kappa shape index (κ3) is 3.86. The molecule has 0 bridgehead atoms. The van der Waals surface area contributed by atoms with Crippen molar-refractivity contribution in [1.29, 1.82) is 0 Å². The van der Waals surface area contributed by atoms with Crippen molar-refractivity contribution in [2.45, 2.75) is 84.5 Å². The summed E-state index contributed by atoms with van der Waals surface area (Å²) in [6, 6.07) is 5.12. The molecule has 2 fully saturated rings. The molecule has 1 amide bonds. The van der Waals surface area contributed by atoms with Gasteiger partial charge in [-0.2, -0.15) is 5.10 Å². The van der Waals surface area contributed by atoms with E-state index in [0.717, 1.165) is 84.5 Å². The Morgan fingerprint density at radius 3 is 2.57 bits per heavy atom. The normalized spacial score (nSPS) is 15.9. The van der Waals surface area contributed by atoms with Gasteiger partial charge in [-0.25, -0.2) is 9.97 Å². The van der Waals surface area contributed by atoms with Crippen LogP contribution in [0.2, 0.25) is 0 Å². The molecule has 9 nitrogen and oxygen atoms in total. The van der Waals surface area contributed by atoms with Crippen molar-refractivity contribution in [3.05, 3.63) is 29.8 Å². The zero-order chi connectivity index (χ0) is 24.3. The lowest BCUT2D eigenvalue weighted by atomic mass is 10.2. The second-order valence-corrected chi connectivity index (χ2v) is 10.1. The Morgan fingerprint density at radius 2 is 1.91 bits per heavy atom. The number of aromatic nitrogens is 6. The molecule has 0 radical (unpaired) electrons. The lowest BCUT2D eigenvalue weighted by Crippen LogP contribution is -2.36. The summed E-state index contributed by atoms with van der Waals surface area (Å²) in [5.41, 5.74) is 4.84. The molecular formula is C26H34N8O. The lowest BCUT2D eigenvalue weighted by Gasteiger charge is -2.22. The van der Waals surface area contributed by atoms with Crippen LogP contribution in [-0.4, -0.2) is 51.8 Å². The first-order valence-electron chi connectivity index (χ1n) is 12.9. The number of hydrogen-bond acceptors (Lipinski definition) is 5. The Kier molecular flexibility index (Phi) is 5.30. The molecule has 2 aliphatic carbocycles. The first-order valence-corrected chi connectivity index (χ1v) is 12.9. The Morgan fingerprint density at radius 1 is 1.17 bits per heavy atom. The molecule has 4 aromatic heterocycles. The van der Waals surface area contributed by atoms with E-state index >= 15 is 0 Å². The summed E-state index contributed by atoms with van der Waals surface area (Å²) < 4.78 is 6.24. The van der Waals surface area contributed by atoms with E-state index in [4.69, 9.17) is 10.1 Å². The molecule has 4 heterocycles. The number of anilines is 2. The molecule has 0 spiro atoms. The van der Waals surface area contributed by atoms with Gasteiger partial charge >= 0.3 is 0 Å². The minimum atomic E-state index is 0.254. The number of hydrogen-bond donors (Lipinski definition) is 1. The highest BCUT2D eigenvalue weighted by Crippen LogP contribution is 2.38. The molecule has 0 atom stereocenters. The first-order chi connectivity index (χ1) is 17.0. The minimum absolute atomic E-state index is 0.254. The number of carbonyl (C=O) groups is 1. The van der Waals surface area contributed by atoms with Crippen molar-refractivity contribution >= 4 is 39.6 Å². The summed E-state index contributed by atoms with van der Waals surface area (Å²) in [7, 11) is 2.01. The van der Waals surface area contributed by atoms with Gasteiger partial charge in [0.2, 0.25) is 5.91 Å². The molecule has 2 saturated carbocycles. The quantitative estimate of drug-likeness (QED) is 0.391. The Balaban J connectivity index is 1.41. The largest absolute Gasteiger partial charge is 0.336 e. The summed E-state index contributed by atoms with van der Waals surface area (Å²) in [6.07, 6.45) is 7.88. The van der Waals surface area contributed by atoms with Crippen LogP contribution in [-0.2, 0) is 31.4 Å². The summed E-state index contributed by atoms with van der Waals surface area (Å²) in [5.74, 6) is 1.71. The smallest absolute Gasteiger partial charge is 0.229 e. The van der Waals surface area contributed by atoms with Crippen LogP contribution in [0.15, 0.2) is 18.5 Å². The molecule has 35 heavy (non-hydrogen) atoms. The van der Waals surface area contributed by atoms with Gasteiger partial charge in [0.25, 0.3) is 0 Å². The molecule has 9 heteroatoms. The second kappa shape index (κ2) is 8.39. The van der Waals surface area contributed by atoms with E-state index in [9.17, 15) is 4.79 Å². The van der Waals surface area contributed by atoms with Gasteiger partial charge in [-0.15, -0.1) is 0 Å². The molecule has 0 unspecified atom stereocenters. The van der Waals surface area contributed by atoms with Crippen LogP contribution < -0.4 is 5.32 Å². The molecule has 2 aliphatic rings. The van der Waals surface area contributed by atoms with Crippen molar-refractivity contribution in [2.24, 2.45) is 7.05 Å². The number of pyridine rings is 1. The van der Waals surface area contributed by atoms with E-state index in [1.54, 1.807) is 0 Å². The number of rotatable bonds is 9. The molecule has 6 rings (SSSR count). The van der Waals surface area contributed by atoms with Crippen LogP contribution in [0.25, 0.3) is 22.1 Å². The molecule has 184 valence electrons. The molecule has 0 aromatic carbocycles. The van der Waals surface area contributed by atoms with Crippen molar-refractivity contribution in [2.75, 3.05) is 5.32 Å². The summed E-state index contributed by atoms with van der Waals surface area (Å²) in [6.45, 7) is 7.97. The summed E-state index contributed by atoms with van der Waals surface area (Å²) in [4.78, 5) is 25.2. The molecule has 0 aliphatic heterocycles. The van der Waals surface area contributed by atoms with E-state index in [1.807, 2.05) is 28.7 Å². The van der Waals surface area contributed by atoms with Crippen molar-refractivity contribution in [3.63, 3.8) is 0 Å². The average Bonchev–Trinajstić information content (AvgIpc) is 3.74. The number of amides is 1. The predicted octanol–water partition coefficient (Wildman–Crippen LogP) is 4.30. The van der Waals surface area contributed by atoms with Gasteiger partial charge < -0.3 is 19.4 Å². The topological polar surface area (TPSA) is 85.8 Å². The zero-order valence-electron chi connectivity index (χ0n) is 21.1. The van der Waals surface area contributed by atoms with Gasteiger partial charge in [0, 0.05) is 55.1 Å². The zero-order valence-corrected chi connectivity index (χ0v) is 21.1. The number of imidazole rings is 1. The van der Waals surface area contributed by atoms with Crippen molar-refractivity contribution in [3.8, 4) is 0 Å².